The molecule has 2 amide bonds. The Morgan fingerprint density at radius 3 is 2.43 bits per heavy atom. The first-order valence-corrected chi connectivity index (χ1v) is 7.67. The van der Waals surface area contributed by atoms with E-state index in [-0.39, 0.29) is 11.9 Å². The van der Waals surface area contributed by atoms with Gasteiger partial charge in [0.15, 0.2) is 0 Å². The first-order chi connectivity index (χ1) is 9.73. The van der Waals surface area contributed by atoms with Crippen LogP contribution in [0.2, 0.25) is 0 Å². The number of ether oxygens (including phenoxy) is 1. The smallest absolute Gasteiger partial charge is 0.407 e. The van der Waals surface area contributed by atoms with Gasteiger partial charge in [-0.25, -0.2) is 4.79 Å². The Morgan fingerprint density at radius 2 is 1.95 bits per heavy atom. The maximum absolute atomic E-state index is 12.0. The zero-order chi connectivity index (χ0) is 16.0. The number of carbonyl (C=O) groups is 2. The number of hydrogen-bond acceptors (Lipinski definition) is 3. The van der Waals surface area contributed by atoms with E-state index >= 15 is 0 Å². The van der Waals surface area contributed by atoms with E-state index < -0.39 is 11.7 Å². The minimum atomic E-state index is -0.511. The molecule has 120 valence electrons. The van der Waals surface area contributed by atoms with Crippen molar-refractivity contribution in [1.29, 1.82) is 0 Å². The van der Waals surface area contributed by atoms with Gasteiger partial charge in [0.25, 0.3) is 0 Å². The first kappa shape index (κ1) is 17.5. The molecule has 1 fully saturated rings. The van der Waals surface area contributed by atoms with Crippen molar-refractivity contribution in [3.05, 3.63) is 11.6 Å². The van der Waals surface area contributed by atoms with Gasteiger partial charge in [-0.05, 0) is 52.9 Å². The summed E-state index contributed by atoms with van der Waals surface area (Å²) in [5.74, 6) is 0.401. The zero-order valence-corrected chi connectivity index (χ0v) is 13.8. The van der Waals surface area contributed by atoms with Gasteiger partial charge in [0.1, 0.15) is 5.60 Å². The van der Waals surface area contributed by atoms with Gasteiger partial charge in [-0.2, -0.15) is 0 Å². The third-order valence-corrected chi connectivity index (χ3v) is 3.24. The SMILES string of the molecule is CC/C=C(\C)C(=O)N[C@H](CNC(=O)OC(C)(C)C)C1CC1. The molecule has 0 aliphatic heterocycles. The molecule has 0 saturated heterocycles. The molecule has 0 aromatic heterocycles. The summed E-state index contributed by atoms with van der Waals surface area (Å²) < 4.78 is 5.21. The van der Waals surface area contributed by atoms with E-state index in [0.29, 0.717) is 12.5 Å². The maximum Gasteiger partial charge on any atom is 0.407 e. The Morgan fingerprint density at radius 1 is 1.33 bits per heavy atom. The molecular formula is C16H28N2O3. The van der Waals surface area contributed by atoms with Crippen LogP contribution in [0.15, 0.2) is 11.6 Å². The van der Waals surface area contributed by atoms with Gasteiger partial charge in [0.2, 0.25) is 5.91 Å². The number of allylic oxidation sites excluding steroid dienone is 1. The van der Waals surface area contributed by atoms with Crippen molar-refractivity contribution >= 4 is 12.0 Å². The van der Waals surface area contributed by atoms with Crippen molar-refractivity contribution in [2.45, 2.75) is 65.5 Å². The van der Waals surface area contributed by atoms with E-state index in [9.17, 15) is 9.59 Å². The predicted molar refractivity (Wildman–Crippen MR) is 82.9 cm³/mol. The average Bonchev–Trinajstić information content (AvgIpc) is 3.16. The molecule has 0 aromatic carbocycles. The lowest BCUT2D eigenvalue weighted by atomic mass is 10.1. The third-order valence-electron chi connectivity index (χ3n) is 3.24. The molecule has 1 aliphatic carbocycles. The Hall–Kier alpha value is -1.52. The molecule has 1 aliphatic rings. The summed E-state index contributed by atoms with van der Waals surface area (Å²) in [5.41, 5.74) is 0.212. The summed E-state index contributed by atoms with van der Waals surface area (Å²) >= 11 is 0. The third kappa shape index (κ3) is 7.16. The van der Waals surface area contributed by atoms with Crippen LogP contribution in [0, 0.1) is 5.92 Å². The quantitative estimate of drug-likeness (QED) is 0.741. The van der Waals surface area contributed by atoms with E-state index in [1.807, 2.05) is 40.7 Å². The molecule has 1 rings (SSSR count). The second kappa shape index (κ2) is 7.48. The van der Waals surface area contributed by atoms with Crippen LogP contribution in [0.1, 0.15) is 53.9 Å². The Balaban J connectivity index is 2.46. The lowest BCUT2D eigenvalue weighted by Crippen LogP contribution is -2.46. The summed E-state index contributed by atoms with van der Waals surface area (Å²) in [4.78, 5) is 23.7. The summed E-state index contributed by atoms with van der Waals surface area (Å²) in [6, 6.07) is -0.0229. The summed E-state index contributed by atoms with van der Waals surface area (Å²) in [6.45, 7) is 9.69. The molecular weight excluding hydrogens is 268 g/mol. The normalized spacial score (nSPS) is 17.1. The van der Waals surface area contributed by atoms with E-state index in [2.05, 4.69) is 10.6 Å². The second-order valence-electron chi connectivity index (χ2n) is 6.60. The van der Waals surface area contributed by atoms with Crippen molar-refractivity contribution in [2.75, 3.05) is 6.54 Å². The molecule has 0 bridgehead atoms. The molecule has 5 nitrogen and oxygen atoms in total. The van der Waals surface area contributed by atoms with E-state index in [4.69, 9.17) is 4.74 Å². The summed E-state index contributed by atoms with van der Waals surface area (Å²) in [7, 11) is 0. The van der Waals surface area contributed by atoms with Crippen LogP contribution in [-0.4, -0.2) is 30.2 Å². The number of alkyl carbamates (subject to hydrolysis) is 1. The lowest BCUT2D eigenvalue weighted by Gasteiger charge is -2.22. The summed E-state index contributed by atoms with van der Waals surface area (Å²) in [6.07, 6.45) is 4.49. The van der Waals surface area contributed by atoms with Crippen molar-refractivity contribution in [3.63, 3.8) is 0 Å². The van der Waals surface area contributed by atoms with Gasteiger partial charge < -0.3 is 15.4 Å². The molecule has 0 radical (unpaired) electrons. The Kier molecular flexibility index (Phi) is 6.24. The Labute approximate surface area is 127 Å². The molecule has 1 saturated carbocycles. The molecule has 1 atom stereocenters. The lowest BCUT2D eigenvalue weighted by molar-refractivity contribution is -0.118. The largest absolute Gasteiger partial charge is 0.444 e. The van der Waals surface area contributed by atoms with Crippen LogP contribution in [0.25, 0.3) is 0 Å². The fourth-order valence-electron chi connectivity index (χ4n) is 2.02. The second-order valence-corrected chi connectivity index (χ2v) is 6.60. The molecule has 0 unspecified atom stereocenters. The van der Waals surface area contributed by atoms with Gasteiger partial charge in [0.05, 0.1) is 0 Å². The number of rotatable bonds is 6. The van der Waals surface area contributed by atoms with Crippen LogP contribution < -0.4 is 10.6 Å². The molecule has 0 spiro atoms. The van der Waals surface area contributed by atoms with Crippen molar-refractivity contribution in [1.82, 2.24) is 10.6 Å². The highest BCUT2D eigenvalue weighted by molar-refractivity contribution is 5.93. The minimum absolute atomic E-state index is 0.0229. The van der Waals surface area contributed by atoms with E-state index in [0.717, 1.165) is 24.8 Å². The van der Waals surface area contributed by atoms with Gasteiger partial charge >= 0.3 is 6.09 Å². The topological polar surface area (TPSA) is 67.4 Å². The number of carbonyl (C=O) groups excluding carboxylic acids is 2. The van der Waals surface area contributed by atoms with Crippen LogP contribution >= 0.6 is 0 Å². The maximum atomic E-state index is 12.0. The molecule has 21 heavy (non-hydrogen) atoms. The molecule has 2 N–H and O–H groups in total. The van der Waals surface area contributed by atoms with Crippen molar-refractivity contribution in [2.24, 2.45) is 5.92 Å². The average molecular weight is 296 g/mol. The highest BCUT2D eigenvalue weighted by Gasteiger charge is 2.33. The zero-order valence-electron chi connectivity index (χ0n) is 13.8. The highest BCUT2D eigenvalue weighted by atomic mass is 16.6. The van der Waals surface area contributed by atoms with Crippen LogP contribution in [0.5, 0.6) is 0 Å². The molecule has 0 heterocycles. The molecule has 5 heteroatoms. The fourth-order valence-corrected chi connectivity index (χ4v) is 2.02. The number of nitrogens with one attached hydrogen (secondary N) is 2. The van der Waals surface area contributed by atoms with E-state index in [1.54, 1.807) is 0 Å². The minimum Gasteiger partial charge on any atom is -0.444 e. The first-order valence-electron chi connectivity index (χ1n) is 7.67. The van der Waals surface area contributed by atoms with Crippen LogP contribution in [0.3, 0.4) is 0 Å². The van der Waals surface area contributed by atoms with Crippen molar-refractivity contribution in [3.8, 4) is 0 Å². The van der Waals surface area contributed by atoms with Gasteiger partial charge in [0, 0.05) is 18.2 Å². The van der Waals surface area contributed by atoms with E-state index in [1.165, 1.54) is 0 Å². The van der Waals surface area contributed by atoms with Gasteiger partial charge in [-0.15, -0.1) is 0 Å². The number of amides is 2. The predicted octanol–water partition coefficient (Wildman–Crippen LogP) is 2.76. The van der Waals surface area contributed by atoms with Gasteiger partial charge in [-0.3, -0.25) is 4.79 Å². The van der Waals surface area contributed by atoms with Crippen LogP contribution in [0.4, 0.5) is 4.79 Å². The standard InChI is InChI=1S/C16H28N2O3/c1-6-7-11(2)14(19)18-13(12-8-9-12)10-17-15(20)21-16(3,4)5/h7,12-13H,6,8-10H2,1-5H3,(H,17,20)(H,18,19)/b11-7+/t13-/m1/s1. The van der Waals surface area contributed by atoms with Crippen molar-refractivity contribution < 1.29 is 14.3 Å². The van der Waals surface area contributed by atoms with Gasteiger partial charge in [-0.1, -0.05) is 13.0 Å². The highest BCUT2D eigenvalue weighted by Crippen LogP contribution is 2.32. The fraction of sp³-hybridized carbons (Fsp3) is 0.750. The van der Waals surface area contributed by atoms with Crippen LogP contribution in [-0.2, 0) is 9.53 Å². The molecule has 0 aromatic rings. The summed E-state index contributed by atoms with van der Waals surface area (Å²) in [5, 5.41) is 5.75. The Bertz CT molecular complexity index is 406. The number of hydrogen-bond donors (Lipinski definition) is 2. The monoisotopic (exact) mass is 296 g/mol.